The molecule has 2 rings (SSSR count). The van der Waals surface area contributed by atoms with Gasteiger partial charge in [-0.1, -0.05) is 57.3 Å². The molecule has 4 heteroatoms. The Labute approximate surface area is 131 Å². The predicted octanol–water partition coefficient (Wildman–Crippen LogP) is 5.34. The Balaban J connectivity index is 2.25. The molecule has 2 aromatic rings. The third kappa shape index (κ3) is 3.51. The highest BCUT2D eigenvalue weighted by molar-refractivity contribution is 9.10. The van der Waals surface area contributed by atoms with Crippen LogP contribution in [0.25, 0.3) is 0 Å². The number of aliphatic hydroxyl groups excluding tert-OH is 1. The highest BCUT2D eigenvalue weighted by atomic mass is 79.9. The summed E-state index contributed by atoms with van der Waals surface area (Å²) < 4.78 is 1.00. The number of benzene rings is 2. The highest BCUT2D eigenvalue weighted by Crippen LogP contribution is 2.30. The molecule has 1 unspecified atom stereocenters. The molecule has 0 bridgehead atoms. The van der Waals surface area contributed by atoms with E-state index in [1.165, 1.54) is 0 Å². The van der Waals surface area contributed by atoms with Crippen molar-refractivity contribution < 1.29 is 5.11 Å². The molecule has 19 heavy (non-hydrogen) atoms. The first-order valence-corrected chi connectivity index (χ1v) is 7.41. The third-order valence-electron chi connectivity index (χ3n) is 3.04. The van der Waals surface area contributed by atoms with E-state index in [2.05, 4.69) is 15.9 Å². The van der Waals surface area contributed by atoms with E-state index in [0.717, 1.165) is 21.2 Å². The maximum Gasteiger partial charge on any atom is 0.0833 e. The van der Waals surface area contributed by atoms with Gasteiger partial charge in [-0.05, 0) is 41.8 Å². The summed E-state index contributed by atoms with van der Waals surface area (Å²) in [5, 5.41) is 11.4. The predicted molar refractivity (Wildman–Crippen MR) is 84.0 cm³/mol. The fourth-order valence-corrected chi connectivity index (χ4v) is 2.91. The van der Waals surface area contributed by atoms with Gasteiger partial charge in [0.1, 0.15) is 0 Å². The smallest absolute Gasteiger partial charge is 0.0833 e. The second-order valence-corrected chi connectivity index (χ2v) is 6.13. The van der Waals surface area contributed by atoms with E-state index in [9.17, 15) is 5.11 Å². The molecule has 2 aromatic carbocycles. The summed E-state index contributed by atoms with van der Waals surface area (Å²) in [6, 6.07) is 11.3. The molecule has 1 nitrogen and oxygen atoms in total. The number of aliphatic hydroxyl groups is 1. The molecular formula is C15H13BrCl2O. The summed E-state index contributed by atoms with van der Waals surface area (Å²) in [6.07, 6.45) is -0.147. The van der Waals surface area contributed by atoms with Gasteiger partial charge in [0.25, 0.3) is 0 Å². The lowest BCUT2D eigenvalue weighted by Crippen LogP contribution is -2.04. The zero-order chi connectivity index (χ0) is 14.0. The lowest BCUT2D eigenvalue weighted by atomic mass is 9.98. The van der Waals surface area contributed by atoms with Crippen molar-refractivity contribution in [1.82, 2.24) is 0 Å². The van der Waals surface area contributed by atoms with E-state index in [-0.39, 0.29) is 0 Å². The quantitative estimate of drug-likeness (QED) is 0.784. The lowest BCUT2D eigenvalue weighted by molar-refractivity contribution is 0.178. The van der Waals surface area contributed by atoms with Crippen molar-refractivity contribution in [3.63, 3.8) is 0 Å². The van der Waals surface area contributed by atoms with Crippen LogP contribution in [0, 0.1) is 6.92 Å². The second kappa shape index (κ2) is 6.27. The fraction of sp³-hybridized carbons (Fsp3) is 0.200. The molecule has 100 valence electrons. The van der Waals surface area contributed by atoms with Crippen LogP contribution in [0.1, 0.15) is 22.8 Å². The summed E-state index contributed by atoms with van der Waals surface area (Å²) >= 11 is 15.5. The zero-order valence-electron chi connectivity index (χ0n) is 10.3. The molecule has 0 fully saturated rings. The Morgan fingerprint density at radius 3 is 2.63 bits per heavy atom. The minimum Gasteiger partial charge on any atom is -0.388 e. The van der Waals surface area contributed by atoms with Crippen LogP contribution in [-0.2, 0) is 6.42 Å². The maximum absolute atomic E-state index is 10.3. The molecular weight excluding hydrogens is 347 g/mol. The van der Waals surface area contributed by atoms with Gasteiger partial charge < -0.3 is 5.11 Å². The Morgan fingerprint density at radius 1 is 1.21 bits per heavy atom. The van der Waals surface area contributed by atoms with Crippen LogP contribution < -0.4 is 0 Å². The minimum atomic E-state index is -0.593. The molecule has 0 aliphatic carbocycles. The van der Waals surface area contributed by atoms with Gasteiger partial charge in [0.15, 0.2) is 0 Å². The highest BCUT2D eigenvalue weighted by Gasteiger charge is 2.14. The molecule has 0 spiro atoms. The Bertz CT molecular complexity index is 599. The lowest BCUT2D eigenvalue weighted by Gasteiger charge is -2.15. The Hall–Kier alpha value is -0.540. The summed E-state index contributed by atoms with van der Waals surface area (Å²) in [4.78, 5) is 0. The van der Waals surface area contributed by atoms with Gasteiger partial charge in [0, 0.05) is 10.9 Å². The monoisotopic (exact) mass is 358 g/mol. The van der Waals surface area contributed by atoms with Crippen LogP contribution in [-0.4, -0.2) is 5.11 Å². The first kappa shape index (κ1) is 14.9. The summed E-state index contributed by atoms with van der Waals surface area (Å²) in [6.45, 7) is 1.98. The molecule has 0 aromatic heterocycles. The fourth-order valence-electron chi connectivity index (χ4n) is 2.04. The third-order valence-corrected chi connectivity index (χ3v) is 4.39. The molecule has 0 amide bonds. The van der Waals surface area contributed by atoms with E-state index < -0.39 is 6.10 Å². The van der Waals surface area contributed by atoms with Crippen LogP contribution in [0.2, 0.25) is 10.0 Å². The number of hydrogen-bond acceptors (Lipinski definition) is 1. The number of rotatable bonds is 3. The van der Waals surface area contributed by atoms with E-state index in [1.807, 2.05) is 37.3 Å². The van der Waals surface area contributed by atoms with E-state index in [4.69, 9.17) is 23.2 Å². The molecule has 0 radical (unpaired) electrons. The van der Waals surface area contributed by atoms with Gasteiger partial charge in [-0.25, -0.2) is 0 Å². The minimum absolute atomic E-state index is 0.446. The van der Waals surface area contributed by atoms with E-state index in [1.54, 1.807) is 6.07 Å². The first-order valence-electron chi connectivity index (χ1n) is 5.86. The average Bonchev–Trinajstić information content (AvgIpc) is 2.34. The van der Waals surface area contributed by atoms with Gasteiger partial charge in [0.2, 0.25) is 0 Å². The van der Waals surface area contributed by atoms with Crippen molar-refractivity contribution in [2.75, 3.05) is 0 Å². The van der Waals surface area contributed by atoms with Gasteiger partial charge in [-0.2, -0.15) is 0 Å². The van der Waals surface area contributed by atoms with Gasteiger partial charge in [-0.15, -0.1) is 0 Å². The summed E-state index contributed by atoms with van der Waals surface area (Å²) in [5.74, 6) is 0. The topological polar surface area (TPSA) is 20.2 Å². The van der Waals surface area contributed by atoms with Crippen molar-refractivity contribution in [3.8, 4) is 0 Å². The summed E-state index contributed by atoms with van der Waals surface area (Å²) in [5.41, 5.74) is 2.79. The van der Waals surface area contributed by atoms with Crippen molar-refractivity contribution >= 4 is 39.1 Å². The molecule has 1 atom stereocenters. The SMILES string of the molecule is Cc1cc(Br)ccc1C(O)Cc1cccc(Cl)c1Cl. The molecule has 0 saturated carbocycles. The summed E-state index contributed by atoms with van der Waals surface area (Å²) in [7, 11) is 0. The largest absolute Gasteiger partial charge is 0.388 e. The number of halogens is 3. The zero-order valence-corrected chi connectivity index (χ0v) is 13.4. The average molecular weight is 360 g/mol. The van der Waals surface area contributed by atoms with E-state index in [0.29, 0.717) is 16.5 Å². The van der Waals surface area contributed by atoms with Gasteiger partial charge in [0.05, 0.1) is 16.1 Å². The van der Waals surface area contributed by atoms with Crippen LogP contribution >= 0.6 is 39.1 Å². The van der Waals surface area contributed by atoms with Crippen LogP contribution in [0.4, 0.5) is 0 Å². The maximum atomic E-state index is 10.3. The molecule has 0 aliphatic rings. The molecule has 0 saturated heterocycles. The van der Waals surface area contributed by atoms with Crippen LogP contribution in [0.15, 0.2) is 40.9 Å². The van der Waals surface area contributed by atoms with Crippen molar-refractivity contribution in [1.29, 1.82) is 0 Å². The molecule has 0 heterocycles. The van der Waals surface area contributed by atoms with Crippen LogP contribution in [0.3, 0.4) is 0 Å². The van der Waals surface area contributed by atoms with Crippen molar-refractivity contribution in [2.24, 2.45) is 0 Å². The molecule has 1 N–H and O–H groups in total. The van der Waals surface area contributed by atoms with Crippen LogP contribution in [0.5, 0.6) is 0 Å². The van der Waals surface area contributed by atoms with Gasteiger partial charge >= 0.3 is 0 Å². The Kier molecular flexibility index (Phi) is 4.91. The standard InChI is InChI=1S/C15H13BrCl2O/c1-9-7-11(16)5-6-12(9)14(19)8-10-3-2-4-13(17)15(10)18/h2-7,14,19H,8H2,1H3. The normalized spacial score (nSPS) is 12.5. The van der Waals surface area contributed by atoms with Gasteiger partial charge in [-0.3, -0.25) is 0 Å². The van der Waals surface area contributed by atoms with Crippen molar-refractivity contribution in [2.45, 2.75) is 19.4 Å². The number of hydrogen-bond donors (Lipinski definition) is 1. The Morgan fingerprint density at radius 2 is 1.95 bits per heavy atom. The number of aryl methyl sites for hydroxylation is 1. The molecule has 0 aliphatic heterocycles. The first-order chi connectivity index (χ1) is 8.99. The van der Waals surface area contributed by atoms with E-state index >= 15 is 0 Å². The second-order valence-electron chi connectivity index (χ2n) is 4.43. The van der Waals surface area contributed by atoms with Crippen molar-refractivity contribution in [3.05, 3.63) is 67.6 Å².